The van der Waals surface area contributed by atoms with Gasteiger partial charge < -0.3 is 5.32 Å². The molecular formula is C21H30N4O3S. The number of anilines is 1. The number of hydrogen-bond acceptors (Lipinski definition) is 4. The van der Waals surface area contributed by atoms with E-state index in [0.29, 0.717) is 29.9 Å². The second kappa shape index (κ2) is 7.91. The molecule has 29 heavy (non-hydrogen) atoms. The van der Waals surface area contributed by atoms with Gasteiger partial charge in [0.15, 0.2) is 0 Å². The fourth-order valence-electron chi connectivity index (χ4n) is 3.71. The van der Waals surface area contributed by atoms with Gasteiger partial charge in [-0.2, -0.15) is 9.40 Å². The molecule has 1 fully saturated rings. The van der Waals surface area contributed by atoms with Crippen molar-refractivity contribution in [1.29, 1.82) is 0 Å². The molecule has 7 nitrogen and oxygen atoms in total. The van der Waals surface area contributed by atoms with Crippen LogP contribution in [0.4, 0.5) is 5.69 Å². The van der Waals surface area contributed by atoms with Crippen molar-refractivity contribution in [3.63, 3.8) is 0 Å². The van der Waals surface area contributed by atoms with Crippen molar-refractivity contribution >= 4 is 21.6 Å². The molecule has 1 amide bonds. The fourth-order valence-corrected chi connectivity index (χ4v) is 5.48. The molecule has 0 spiro atoms. The molecule has 158 valence electrons. The van der Waals surface area contributed by atoms with Crippen LogP contribution in [0, 0.1) is 13.8 Å². The zero-order valence-corrected chi connectivity index (χ0v) is 18.6. The first-order valence-electron chi connectivity index (χ1n) is 9.99. The Hall–Kier alpha value is -2.19. The Morgan fingerprint density at radius 2 is 1.76 bits per heavy atom. The van der Waals surface area contributed by atoms with Crippen LogP contribution in [-0.4, -0.2) is 41.5 Å². The van der Waals surface area contributed by atoms with Crippen LogP contribution in [0.25, 0.3) is 0 Å². The van der Waals surface area contributed by atoms with Crippen LogP contribution in [-0.2, 0) is 15.6 Å². The molecule has 0 bridgehead atoms. The van der Waals surface area contributed by atoms with Crippen molar-refractivity contribution in [1.82, 2.24) is 14.1 Å². The summed E-state index contributed by atoms with van der Waals surface area (Å²) in [7, 11) is -3.57. The highest BCUT2D eigenvalue weighted by molar-refractivity contribution is 7.89. The summed E-state index contributed by atoms with van der Waals surface area (Å²) in [4.78, 5) is 13.0. The van der Waals surface area contributed by atoms with Crippen molar-refractivity contribution in [2.24, 2.45) is 0 Å². The van der Waals surface area contributed by atoms with Crippen LogP contribution >= 0.6 is 0 Å². The van der Waals surface area contributed by atoms with E-state index >= 15 is 0 Å². The first-order valence-corrected chi connectivity index (χ1v) is 11.4. The van der Waals surface area contributed by atoms with Gasteiger partial charge in [0, 0.05) is 24.5 Å². The minimum atomic E-state index is -3.57. The number of piperidine rings is 1. The zero-order valence-electron chi connectivity index (χ0n) is 17.8. The van der Waals surface area contributed by atoms with E-state index < -0.39 is 10.0 Å². The smallest absolute Gasteiger partial charge is 0.259 e. The number of nitrogens with one attached hydrogen (secondary N) is 1. The maximum absolute atomic E-state index is 13.1. The molecule has 1 saturated heterocycles. The van der Waals surface area contributed by atoms with E-state index in [-0.39, 0.29) is 16.3 Å². The van der Waals surface area contributed by atoms with Gasteiger partial charge in [0.25, 0.3) is 5.91 Å². The average Bonchev–Trinajstić information content (AvgIpc) is 3.06. The monoisotopic (exact) mass is 418 g/mol. The summed E-state index contributed by atoms with van der Waals surface area (Å²) >= 11 is 0. The number of nitrogens with zero attached hydrogens (tertiary/aromatic N) is 3. The van der Waals surface area contributed by atoms with E-state index in [1.807, 2.05) is 32.4 Å². The van der Waals surface area contributed by atoms with Gasteiger partial charge in [0.2, 0.25) is 10.0 Å². The maximum atomic E-state index is 13.1. The third kappa shape index (κ3) is 4.38. The quantitative estimate of drug-likeness (QED) is 0.821. The minimum Gasteiger partial charge on any atom is -0.322 e. The molecule has 0 aliphatic carbocycles. The van der Waals surface area contributed by atoms with Crippen molar-refractivity contribution < 1.29 is 13.2 Å². The van der Waals surface area contributed by atoms with E-state index in [4.69, 9.17) is 0 Å². The summed E-state index contributed by atoms with van der Waals surface area (Å²) in [5.41, 5.74) is 2.14. The molecular weight excluding hydrogens is 388 g/mol. The summed E-state index contributed by atoms with van der Waals surface area (Å²) < 4.78 is 29.5. The van der Waals surface area contributed by atoms with E-state index in [1.54, 1.807) is 35.6 Å². The lowest BCUT2D eigenvalue weighted by Gasteiger charge is -2.26. The van der Waals surface area contributed by atoms with E-state index in [2.05, 4.69) is 10.4 Å². The number of aromatic nitrogens is 2. The Balaban J connectivity index is 1.87. The van der Waals surface area contributed by atoms with Gasteiger partial charge in [0.1, 0.15) is 0 Å². The van der Waals surface area contributed by atoms with Crippen molar-refractivity contribution in [2.75, 3.05) is 18.4 Å². The van der Waals surface area contributed by atoms with E-state index in [0.717, 1.165) is 25.0 Å². The van der Waals surface area contributed by atoms with Gasteiger partial charge in [0.05, 0.1) is 22.2 Å². The number of carbonyl (C=O) groups is 1. The van der Waals surface area contributed by atoms with Gasteiger partial charge in [-0.3, -0.25) is 9.48 Å². The van der Waals surface area contributed by atoms with Crippen molar-refractivity contribution in [2.45, 2.75) is 64.3 Å². The largest absolute Gasteiger partial charge is 0.322 e. The lowest BCUT2D eigenvalue weighted by atomic mass is 10.1. The summed E-state index contributed by atoms with van der Waals surface area (Å²) in [6.45, 7) is 10.8. The molecule has 2 aromatic rings. The molecule has 1 aliphatic heterocycles. The molecule has 1 aliphatic rings. The summed E-state index contributed by atoms with van der Waals surface area (Å²) in [6.07, 6.45) is 4.37. The maximum Gasteiger partial charge on any atom is 0.259 e. The predicted octanol–water partition coefficient (Wildman–Crippen LogP) is 3.68. The summed E-state index contributed by atoms with van der Waals surface area (Å²) in [5.74, 6) is -0.303. The second-order valence-corrected chi connectivity index (χ2v) is 10.5. The SMILES string of the molecule is Cc1ccc(NC(=O)c2cnn(C(C)(C)C)c2C)cc1S(=O)(=O)N1CCCCC1. The van der Waals surface area contributed by atoms with Gasteiger partial charge >= 0.3 is 0 Å². The predicted molar refractivity (Wildman–Crippen MR) is 114 cm³/mol. The van der Waals surface area contributed by atoms with Crippen LogP contribution < -0.4 is 5.32 Å². The Bertz CT molecular complexity index is 1010. The normalized spacial score (nSPS) is 16.0. The van der Waals surface area contributed by atoms with E-state index in [9.17, 15) is 13.2 Å². The molecule has 1 aromatic heterocycles. The number of amides is 1. The third-order valence-corrected chi connectivity index (χ3v) is 7.31. The number of benzene rings is 1. The lowest BCUT2D eigenvalue weighted by molar-refractivity contribution is 0.102. The van der Waals surface area contributed by atoms with Gasteiger partial charge in [-0.15, -0.1) is 0 Å². The number of rotatable bonds is 4. The fraction of sp³-hybridized carbons (Fsp3) is 0.524. The Morgan fingerprint density at radius 3 is 2.34 bits per heavy atom. The second-order valence-electron chi connectivity index (χ2n) is 8.63. The Labute approximate surface area is 173 Å². The van der Waals surface area contributed by atoms with Gasteiger partial charge in [-0.25, -0.2) is 8.42 Å². The molecule has 0 unspecified atom stereocenters. The Kier molecular flexibility index (Phi) is 5.87. The topological polar surface area (TPSA) is 84.3 Å². The van der Waals surface area contributed by atoms with E-state index in [1.165, 1.54) is 0 Å². The molecule has 8 heteroatoms. The third-order valence-electron chi connectivity index (χ3n) is 5.27. The minimum absolute atomic E-state index is 0.234. The zero-order chi connectivity index (χ0) is 21.4. The molecule has 0 atom stereocenters. The van der Waals surface area contributed by atoms with Crippen LogP contribution in [0.5, 0.6) is 0 Å². The van der Waals surface area contributed by atoms with Gasteiger partial charge in [-0.05, 0) is 65.2 Å². The number of carbonyl (C=O) groups excluding carboxylic acids is 1. The number of sulfonamides is 1. The van der Waals surface area contributed by atoms with Crippen LogP contribution in [0.1, 0.15) is 61.6 Å². The highest BCUT2D eigenvalue weighted by atomic mass is 32.2. The standard InChI is InChI=1S/C21H30N4O3S/c1-15-9-10-17(13-19(15)29(27,28)24-11-7-6-8-12-24)23-20(26)18-14-22-25(16(18)2)21(3,4)5/h9-10,13-14H,6-8,11-12H2,1-5H3,(H,23,26). The Morgan fingerprint density at radius 1 is 1.10 bits per heavy atom. The average molecular weight is 419 g/mol. The van der Waals surface area contributed by atoms with Crippen LogP contribution in [0.3, 0.4) is 0 Å². The lowest BCUT2D eigenvalue weighted by Crippen LogP contribution is -2.36. The summed E-state index contributed by atoms with van der Waals surface area (Å²) in [5, 5.41) is 7.17. The van der Waals surface area contributed by atoms with Crippen molar-refractivity contribution in [3.8, 4) is 0 Å². The number of hydrogen-bond donors (Lipinski definition) is 1. The molecule has 0 radical (unpaired) electrons. The highest BCUT2D eigenvalue weighted by Gasteiger charge is 2.28. The molecule has 0 saturated carbocycles. The molecule has 1 N–H and O–H groups in total. The first kappa shape index (κ1) is 21.5. The molecule has 2 heterocycles. The van der Waals surface area contributed by atoms with Crippen LogP contribution in [0.15, 0.2) is 29.3 Å². The number of aryl methyl sites for hydroxylation is 1. The molecule has 1 aromatic carbocycles. The van der Waals surface area contributed by atoms with Crippen LogP contribution in [0.2, 0.25) is 0 Å². The van der Waals surface area contributed by atoms with Gasteiger partial charge in [-0.1, -0.05) is 12.5 Å². The summed E-state index contributed by atoms with van der Waals surface area (Å²) in [6, 6.07) is 5.02. The van der Waals surface area contributed by atoms with Crippen molar-refractivity contribution in [3.05, 3.63) is 41.2 Å². The first-order chi connectivity index (χ1) is 13.5. The highest BCUT2D eigenvalue weighted by Crippen LogP contribution is 2.26. The molecule has 3 rings (SSSR count).